The SMILES string of the molecule is CCCCCC(=O)O[C@]1(C(C)=O)CCC2C3CCC4=CC(=O)CC[C@]4(C)C3CC[C@@]21C. The van der Waals surface area contributed by atoms with Gasteiger partial charge >= 0.3 is 5.97 Å². The van der Waals surface area contributed by atoms with Crippen molar-refractivity contribution >= 4 is 17.5 Å². The third kappa shape index (κ3) is 3.43. The molecule has 3 unspecified atom stereocenters. The van der Waals surface area contributed by atoms with Crippen molar-refractivity contribution in [3.8, 4) is 0 Å². The maximum Gasteiger partial charge on any atom is 0.306 e. The van der Waals surface area contributed by atoms with E-state index in [0.29, 0.717) is 37.0 Å². The minimum Gasteiger partial charge on any atom is -0.450 e. The van der Waals surface area contributed by atoms with Gasteiger partial charge in [-0.2, -0.15) is 0 Å². The number of hydrogen-bond acceptors (Lipinski definition) is 4. The van der Waals surface area contributed by atoms with Crippen molar-refractivity contribution in [3.05, 3.63) is 11.6 Å². The molecule has 0 saturated heterocycles. The first-order valence-corrected chi connectivity index (χ1v) is 12.6. The normalized spacial score (nSPS) is 41.6. The first-order valence-electron chi connectivity index (χ1n) is 12.6. The smallest absolute Gasteiger partial charge is 0.306 e. The molecule has 0 aromatic heterocycles. The summed E-state index contributed by atoms with van der Waals surface area (Å²) in [6.45, 7) is 8.37. The highest BCUT2D eigenvalue weighted by Crippen LogP contribution is 2.68. The van der Waals surface area contributed by atoms with Gasteiger partial charge in [0.25, 0.3) is 0 Å². The van der Waals surface area contributed by atoms with Gasteiger partial charge < -0.3 is 4.74 Å². The number of ether oxygens (including phenoxy) is 1. The van der Waals surface area contributed by atoms with Gasteiger partial charge in [-0.05, 0) is 87.5 Å². The van der Waals surface area contributed by atoms with Gasteiger partial charge in [-0.15, -0.1) is 0 Å². The average Bonchev–Trinajstić information content (AvgIpc) is 3.02. The standard InChI is InChI=1S/C27H40O4/c1-5-6-7-8-24(30)31-27(18(2)28)16-13-23-21-10-9-19-17-20(29)11-14-25(19,3)22(21)12-15-26(23,27)4/h17,21-23H,5-16H2,1-4H3/t21?,22?,23?,25-,26-,27-/m0/s1. The number of rotatable bonds is 6. The number of allylic oxidation sites excluding steroid dienone is 1. The van der Waals surface area contributed by atoms with Crippen LogP contribution < -0.4 is 0 Å². The Labute approximate surface area is 187 Å². The lowest BCUT2D eigenvalue weighted by atomic mass is 9.46. The van der Waals surface area contributed by atoms with E-state index < -0.39 is 5.60 Å². The monoisotopic (exact) mass is 428 g/mol. The lowest BCUT2D eigenvalue weighted by Gasteiger charge is -2.59. The Balaban J connectivity index is 1.59. The molecule has 0 heterocycles. The largest absolute Gasteiger partial charge is 0.450 e. The molecule has 0 N–H and O–H groups in total. The van der Waals surface area contributed by atoms with Crippen LogP contribution >= 0.6 is 0 Å². The number of carbonyl (C=O) groups excluding carboxylic acids is 3. The molecule has 6 atom stereocenters. The molecule has 4 aliphatic carbocycles. The van der Waals surface area contributed by atoms with Crippen LogP contribution in [0.3, 0.4) is 0 Å². The van der Waals surface area contributed by atoms with E-state index in [1.165, 1.54) is 5.57 Å². The van der Waals surface area contributed by atoms with Gasteiger partial charge in [0.05, 0.1) is 0 Å². The molecule has 0 aromatic rings. The van der Waals surface area contributed by atoms with Crippen molar-refractivity contribution in [2.75, 3.05) is 0 Å². The van der Waals surface area contributed by atoms with Crippen LogP contribution in [0, 0.1) is 28.6 Å². The summed E-state index contributed by atoms with van der Waals surface area (Å²) in [5.41, 5.74) is 0.261. The molecular formula is C27H40O4. The minimum absolute atomic E-state index is 0.0330. The van der Waals surface area contributed by atoms with E-state index in [0.717, 1.165) is 57.8 Å². The number of unbranched alkanes of at least 4 members (excludes halogenated alkanes) is 2. The summed E-state index contributed by atoms with van der Waals surface area (Å²) >= 11 is 0. The van der Waals surface area contributed by atoms with Crippen LogP contribution in [0.1, 0.15) is 105 Å². The van der Waals surface area contributed by atoms with Crippen LogP contribution in [0.4, 0.5) is 0 Å². The number of hydrogen-bond donors (Lipinski definition) is 0. The van der Waals surface area contributed by atoms with Crippen molar-refractivity contribution in [1.29, 1.82) is 0 Å². The Morgan fingerprint density at radius 2 is 1.77 bits per heavy atom. The lowest BCUT2D eigenvalue weighted by Crippen LogP contribution is -2.58. The van der Waals surface area contributed by atoms with Crippen molar-refractivity contribution in [3.63, 3.8) is 0 Å². The first kappa shape index (κ1) is 22.7. The molecule has 31 heavy (non-hydrogen) atoms. The van der Waals surface area contributed by atoms with Gasteiger partial charge in [-0.25, -0.2) is 0 Å². The highest BCUT2D eigenvalue weighted by molar-refractivity contribution is 5.91. The summed E-state index contributed by atoms with van der Waals surface area (Å²) in [5.74, 6) is 1.66. The molecular weight excluding hydrogens is 388 g/mol. The maximum absolute atomic E-state index is 13.1. The van der Waals surface area contributed by atoms with E-state index in [1.807, 2.05) is 6.08 Å². The van der Waals surface area contributed by atoms with Crippen LogP contribution in [0.5, 0.6) is 0 Å². The Kier molecular flexibility index (Phi) is 5.98. The number of carbonyl (C=O) groups is 3. The molecule has 0 amide bonds. The molecule has 0 aliphatic heterocycles. The zero-order chi connectivity index (χ0) is 22.4. The quantitative estimate of drug-likeness (QED) is 0.386. The summed E-state index contributed by atoms with van der Waals surface area (Å²) in [6, 6.07) is 0. The fourth-order valence-electron chi connectivity index (χ4n) is 8.14. The molecule has 0 spiro atoms. The van der Waals surface area contributed by atoms with Gasteiger partial charge in [0, 0.05) is 18.3 Å². The van der Waals surface area contributed by atoms with Gasteiger partial charge in [0.15, 0.2) is 17.2 Å². The number of fused-ring (bicyclic) bond motifs is 5. The van der Waals surface area contributed by atoms with Crippen molar-refractivity contribution < 1.29 is 19.1 Å². The molecule has 4 rings (SSSR count). The average molecular weight is 429 g/mol. The molecule has 172 valence electrons. The molecule has 3 fully saturated rings. The van der Waals surface area contributed by atoms with Crippen molar-refractivity contribution in [2.45, 2.75) is 110 Å². The Hall–Kier alpha value is -1.45. The second-order valence-electron chi connectivity index (χ2n) is 11.3. The van der Waals surface area contributed by atoms with Gasteiger partial charge in [0.2, 0.25) is 0 Å². The fraction of sp³-hybridized carbons (Fsp3) is 0.815. The van der Waals surface area contributed by atoms with E-state index in [4.69, 9.17) is 4.74 Å². The highest BCUT2D eigenvalue weighted by atomic mass is 16.6. The van der Waals surface area contributed by atoms with E-state index in [2.05, 4.69) is 20.8 Å². The number of ketones is 2. The zero-order valence-electron chi connectivity index (χ0n) is 19.9. The molecule has 4 nitrogen and oxygen atoms in total. The van der Waals surface area contributed by atoms with E-state index in [9.17, 15) is 14.4 Å². The minimum atomic E-state index is -0.953. The lowest BCUT2D eigenvalue weighted by molar-refractivity contribution is -0.189. The van der Waals surface area contributed by atoms with Crippen LogP contribution in [0.25, 0.3) is 0 Å². The zero-order valence-corrected chi connectivity index (χ0v) is 19.9. The van der Waals surface area contributed by atoms with Crippen LogP contribution in [0.15, 0.2) is 11.6 Å². The molecule has 3 saturated carbocycles. The van der Waals surface area contributed by atoms with Crippen LogP contribution in [-0.4, -0.2) is 23.1 Å². The van der Waals surface area contributed by atoms with Crippen molar-refractivity contribution in [1.82, 2.24) is 0 Å². The predicted octanol–water partition coefficient (Wildman–Crippen LogP) is 5.97. The summed E-state index contributed by atoms with van der Waals surface area (Å²) in [5, 5.41) is 0. The summed E-state index contributed by atoms with van der Waals surface area (Å²) in [6.07, 6.45) is 12.6. The third-order valence-corrected chi connectivity index (χ3v) is 9.92. The fourth-order valence-corrected chi connectivity index (χ4v) is 8.14. The maximum atomic E-state index is 13.1. The predicted molar refractivity (Wildman–Crippen MR) is 120 cm³/mol. The topological polar surface area (TPSA) is 60.4 Å². The molecule has 4 aliphatic rings. The third-order valence-electron chi connectivity index (χ3n) is 9.92. The van der Waals surface area contributed by atoms with E-state index >= 15 is 0 Å². The Bertz CT molecular complexity index is 797. The second-order valence-corrected chi connectivity index (χ2v) is 11.3. The molecule has 0 bridgehead atoms. The molecule has 0 aromatic carbocycles. The van der Waals surface area contributed by atoms with Gasteiger partial charge in [-0.3, -0.25) is 14.4 Å². The Morgan fingerprint density at radius 1 is 1.03 bits per heavy atom. The first-order chi connectivity index (χ1) is 14.7. The summed E-state index contributed by atoms with van der Waals surface area (Å²) in [4.78, 5) is 37.8. The van der Waals surface area contributed by atoms with Gasteiger partial charge in [-0.1, -0.05) is 39.2 Å². The summed E-state index contributed by atoms with van der Waals surface area (Å²) in [7, 11) is 0. The van der Waals surface area contributed by atoms with Crippen LogP contribution in [0.2, 0.25) is 0 Å². The number of Topliss-reactive ketones (excluding diaryl/α,β-unsaturated/α-hetero) is 1. The summed E-state index contributed by atoms with van der Waals surface area (Å²) < 4.78 is 6.16. The van der Waals surface area contributed by atoms with E-state index in [-0.39, 0.29) is 28.4 Å². The molecule has 4 heteroatoms. The number of esters is 1. The highest BCUT2D eigenvalue weighted by Gasteiger charge is 2.67. The Morgan fingerprint density at radius 3 is 2.48 bits per heavy atom. The van der Waals surface area contributed by atoms with Crippen LogP contribution in [-0.2, 0) is 19.1 Å². The molecule has 0 radical (unpaired) electrons. The van der Waals surface area contributed by atoms with Crippen molar-refractivity contribution in [2.24, 2.45) is 28.6 Å². The van der Waals surface area contributed by atoms with E-state index in [1.54, 1.807) is 6.92 Å². The second kappa shape index (κ2) is 8.15. The van der Waals surface area contributed by atoms with Gasteiger partial charge in [0.1, 0.15) is 0 Å².